The fourth-order valence-electron chi connectivity index (χ4n) is 3.58. The molecule has 0 saturated carbocycles. The molecular formula is C24H26N4O5S. The standard InChI is InChI=1S/C24H26N4O5S/c1-5-33-17-8-6-9-20-21(17)26-24(34-20)28(13-12-27-11-7-10-25-27)23(29)16-14-18(30-2)22(32-4)19(15-16)31-3/h6-11,14-15H,5,12-13H2,1-4H3. The minimum atomic E-state index is -0.247. The number of carbonyl (C=O) groups is 1. The van der Waals surface area contributed by atoms with Crippen LogP contribution in [-0.2, 0) is 6.54 Å². The number of benzene rings is 2. The van der Waals surface area contributed by atoms with Gasteiger partial charge in [0.15, 0.2) is 16.6 Å². The lowest BCUT2D eigenvalue weighted by atomic mass is 10.1. The summed E-state index contributed by atoms with van der Waals surface area (Å²) in [6.07, 6.45) is 3.56. The van der Waals surface area contributed by atoms with E-state index in [4.69, 9.17) is 23.9 Å². The molecule has 2 heterocycles. The van der Waals surface area contributed by atoms with Crippen LogP contribution in [0.1, 0.15) is 17.3 Å². The zero-order valence-electron chi connectivity index (χ0n) is 19.5. The molecule has 0 aliphatic rings. The van der Waals surface area contributed by atoms with E-state index in [0.29, 0.717) is 53.4 Å². The van der Waals surface area contributed by atoms with E-state index in [2.05, 4.69) is 5.10 Å². The van der Waals surface area contributed by atoms with Crippen molar-refractivity contribution in [3.8, 4) is 23.0 Å². The summed E-state index contributed by atoms with van der Waals surface area (Å²) in [6.45, 7) is 3.31. The summed E-state index contributed by atoms with van der Waals surface area (Å²) < 4.78 is 24.7. The number of nitrogens with zero attached hydrogens (tertiary/aromatic N) is 4. The van der Waals surface area contributed by atoms with Crippen molar-refractivity contribution in [3.63, 3.8) is 0 Å². The number of ether oxygens (including phenoxy) is 4. The molecule has 0 aliphatic heterocycles. The summed E-state index contributed by atoms with van der Waals surface area (Å²) in [5.41, 5.74) is 1.12. The number of methoxy groups -OCH3 is 3. The Morgan fingerprint density at radius 2 is 1.82 bits per heavy atom. The number of rotatable bonds is 10. The van der Waals surface area contributed by atoms with Crippen LogP contribution in [0.25, 0.3) is 10.2 Å². The molecule has 2 aromatic carbocycles. The van der Waals surface area contributed by atoms with Gasteiger partial charge in [0.2, 0.25) is 5.75 Å². The van der Waals surface area contributed by atoms with E-state index in [-0.39, 0.29) is 5.91 Å². The van der Waals surface area contributed by atoms with Crippen molar-refractivity contribution >= 4 is 32.6 Å². The largest absolute Gasteiger partial charge is 0.493 e. The Morgan fingerprint density at radius 1 is 1.06 bits per heavy atom. The average molecular weight is 483 g/mol. The number of fused-ring (bicyclic) bond motifs is 1. The van der Waals surface area contributed by atoms with Gasteiger partial charge in [-0.1, -0.05) is 17.4 Å². The number of para-hydroxylation sites is 1. The van der Waals surface area contributed by atoms with Gasteiger partial charge in [0.25, 0.3) is 5.91 Å². The summed E-state index contributed by atoms with van der Waals surface area (Å²) >= 11 is 1.43. The van der Waals surface area contributed by atoms with Crippen LogP contribution in [-0.4, -0.2) is 55.2 Å². The van der Waals surface area contributed by atoms with Crippen LogP contribution in [0, 0.1) is 0 Å². The van der Waals surface area contributed by atoms with E-state index in [0.717, 1.165) is 10.2 Å². The number of aromatic nitrogens is 3. The van der Waals surface area contributed by atoms with E-state index < -0.39 is 0 Å². The zero-order chi connectivity index (χ0) is 24.1. The second-order valence-electron chi connectivity index (χ2n) is 7.17. The monoisotopic (exact) mass is 482 g/mol. The highest BCUT2D eigenvalue weighted by Gasteiger charge is 2.25. The minimum absolute atomic E-state index is 0.247. The first-order chi connectivity index (χ1) is 16.6. The molecule has 0 atom stereocenters. The topological polar surface area (TPSA) is 87.9 Å². The molecule has 0 fully saturated rings. The van der Waals surface area contributed by atoms with E-state index >= 15 is 0 Å². The third kappa shape index (κ3) is 4.62. The number of hydrogen-bond acceptors (Lipinski definition) is 8. The van der Waals surface area contributed by atoms with Gasteiger partial charge < -0.3 is 18.9 Å². The van der Waals surface area contributed by atoms with E-state index in [1.807, 2.05) is 37.4 Å². The maximum Gasteiger partial charge on any atom is 0.260 e. The second kappa shape index (κ2) is 10.4. The first-order valence-corrected chi connectivity index (χ1v) is 11.5. The van der Waals surface area contributed by atoms with Gasteiger partial charge in [-0.15, -0.1) is 0 Å². The summed E-state index contributed by atoms with van der Waals surface area (Å²) in [4.78, 5) is 20.2. The van der Waals surface area contributed by atoms with Crippen LogP contribution in [0.5, 0.6) is 23.0 Å². The van der Waals surface area contributed by atoms with Gasteiger partial charge in [0.1, 0.15) is 11.3 Å². The van der Waals surface area contributed by atoms with Crippen molar-refractivity contribution in [2.24, 2.45) is 0 Å². The lowest BCUT2D eigenvalue weighted by Crippen LogP contribution is -2.34. The Bertz CT molecular complexity index is 1250. The fraction of sp³-hybridized carbons (Fsp3) is 0.292. The molecule has 0 saturated heterocycles. The predicted molar refractivity (Wildman–Crippen MR) is 131 cm³/mol. The van der Waals surface area contributed by atoms with Crippen molar-refractivity contribution in [1.29, 1.82) is 0 Å². The summed E-state index contributed by atoms with van der Waals surface area (Å²) in [7, 11) is 4.56. The molecule has 0 N–H and O–H groups in total. The van der Waals surface area contributed by atoms with Crippen LogP contribution in [0.4, 0.5) is 5.13 Å². The van der Waals surface area contributed by atoms with Crippen molar-refractivity contribution in [3.05, 3.63) is 54.4 Å². The normalized spacial score (nSPS) is 10.8. The zero-order valence-corrected chi connectivity index (χ0v) is 20.3. The van der Waals surface area contributed by atoms with Crippen molar-refractivity contribution in [1.82, 2.24) is 14.8 Å². The molecule has 178 valence electrons. The molecule has 4 aromatic rings. The Morgan fingerprint density at radius 3 is 2.44 bits per heavy atom. The highest BCUT2D eigenvalue weighted by molar-refractivity contribution is 7.22. The van der Waals surface area contributed by atoms with Crippen molar-refractivity contribution in [2.75, 3.05) is 39.4 Å². The Kier molecular flexibility index (Phi) is 7.17. The third-order valence-electron chi connectivity index (χ3n) is 5.17. The maximum atomic E-state index is 13.8. The van der Waals surface area contributed by atoms with E-state index in [9.17, 15) is 4.79 Å². The van der Waals surface area contributed by atoms with Gasteiger partial charge in [-0.2, -0.15) is 5.10 Å². The molecule has 34 heavy (non-hydrogen) atoms. The number of hydrogen-bond donors (Lipinski definition) is 0. The van der Waals surface area contributed by atoms with E-state index in [1.54, 1.807) is 27.9 Å². The maximum absolute atomic E-state index is 13.8. The Balaban J connectivity index is 1.77. The van der Waals surface area contributed by atoms with Gasteiger partial charge >= 0.3 is 0 Å². The Hall–Kier alpha value is -3.79. The fourth-order valence-corrected chi connectivity index (χ4v) is 4.59. The molecule has 2 aromatic heterocycles. The average Bonchev–Trinajstić information content (AvgIpc) is 3.53. The quantitative estimate of drug-likeness (QED) is 0.334. The molecule has 4 rings (SSSR count). The number of anilines is 1. The smallest absolute Gasteiger partial charge is 0.260 e. The van der Waals surface area contributed by atoms with Gasteiger partial charge in [0, 0.05) is 24.5 Å². The number of amides is 1. The molecule has 0 spiro atoms. The molecule has 0 bridgehead atoms. The molecule has 10 heteroatoms. The van der Waals surface area contributed by atoms with Crippen LogP contribution >= 0.6 is 11.3 Å². The predicted octanol–water partition coefficient (Wildman–Crippen LogP) is 4.26. The van der Waals surface area contributed by atoms with Crippen molar-refractivity contribution < 1.29 is 23.7 Å². The highest BCUT2D eigenvalue weighted by Crippen LogP contribution is 2.39. The summed E-state index contributed by atoms with van der Waals surface area (Å²) in [6, 6.07) is 10.9. The molecule has 0 unspecified atom stereocenters. The van der Waals surface area contributed by atoms with Gasteiger partial charge in [-0.3, -0.25) is 14.4 Å². The SMILES string of the molecule is CCOc1cccc2sc(N(CCn3cccn3)C(=O)c3cc(OC)c(OC)c(OC)c3)nc12. The third-order valence-corrected chi connectivity index (χ3v) is 6.21. The van der Waals surface area contributed by atoms with E-state index in [1.165, 1.54) is 32.7 Å². The number of carbonyl (C=O) groups excluding carboxylic acids is 1. The minimum Gasteiger partial charge on any atom is -0.493 e. The van der Waals surface area contributed by atoms with Crippen LogP contribution < -0.4 is 23.8 Å². The Labute approximate surface area is 201 Å². The van der Waals surface area contributed by atoms with Gasteiger partial charge in [-0.05, 0) is 37.3 Å². The number of thiazole rings is 1. The summed E-state index contributed by atoms with van der Waals surface area (Å²) in [5, 5.41) is 4.82. The molecule has 9 nitrogen and oxygen atoms in total. The highest BCUT2D eigenvalue weighted by atomic mass is 32.1. The molecule has 0 aliphatic carbocycles. The first-order valence-electron chi connectivity index (χ1n) is 10.7. The lowest BCUT2D eigenvalue weighted by Gasteiger charge is -2.21. The van der Waals surface area contributed by atoms with Crippen LogP contribution in [0.15, 0.2) is 48.8 Å². The van der Waals surface area contributed by atoms with Crippen molar-refractivity contribution in [2.45, 2.75) is 13.5 Å². The van der Waals surface area contributed by atoms with Crippen LogP contribution in [0.2, 0.25) is 0 Å². The first kappa shape index (κ1) is 23.4. The van der Waals surface area contributed by atoms with Crippen LogP contribution in [0.3, 0.4) is 0 Å². The summed E-state index contributed by atoms with van der Waals surface area (Å²) in [5.74, 6) is 1.67. The van der Waals surface area contributed by atoms with Gasteiger partial charge in [-0.25, -0.2) is 4.98 Å². The lowest BCUT2D eigenvalue weighted by molar-refractivity contribution is 0.0985. The van der Waals surface area contributed by atoms with Gasteiger partial charge in [0.05, 0.1) is 39.2 Å². The molecule has 1 amide bonds. The molecule has 0 radical (unpaired) electrons. The second-order valence-corrected chi connectivity index (χ2v) is 8.18. The molecular weight excluding hydrogens is 456 g/mol.